The third-order valence-electron chi connectivity index (χ3n) is 3.82. The van der Waals surface area contributed by atoms with Gasteiger partial charge in [-0.1, -0.05) is 6.07 Å². The van der Waals surface area contributed by atoms with Gasteiger partial charge in [0.1, 0.15) is 11.9 Å². The normalized spacial score (nSPS) is 13.3. The van der Waals surface area contributed by atoms with Crippen LogP contribution in [0.2, 0.25) is 0 Å². The molecule has 0 bridgehead atoms. The second-order valence-corrected chi connectivity index (χ2v) is 5.31. The van der Waals surface area contributed by atoms with Crippen LogP contribution >= 0.6 is 0 Å². The number of nitriles is 1. The van der Waals surface area contributed by atoms with Crippen molar-refractivity contribution in [1.82, 2.24) is 9.97 Å². The topological polar surface area (TPSA) is 61.6 Å². The Morgan fingerprint density at radius 3 is 2.95 bits per heavy atom. The first-order chi connectivity index (χ1) is 10.4. The number of hydrogen-bond acceptors (Lipinski definition) is 4. The van der Waals surface area contributed by atoms with Crippen molar-refractivity contribution in [2.45, 2.75) is 32.1 Å². The van der Waals surface area contributed by atoms with Crippen molar-refractivity contribution in [1.29, 1.82) is 5.26 Å². The quantitative estimate of drug-likeness (QED) is 0.934. The summed E-state index contributed by atoms with van der Waals surface area (Å²) in [6.45, 7) is 0.734. The molecule has 21 heavy (non-hydrogen) atoms. The second-order valence-electron chi connectivity index (χ2n) is 5.31. The van der Waals surface area contributed by atoms with Crippen molar-refractivity contribution in [2.75, 3.05) is 11.9 Å². The zero-order chi connectivity index (χ0) is 14.5. The molecule has 1 N–H and O–H groups in total. The van der Waals surface area contributed by atoms with Crippen LogP contribution in [0.5, 0.6) is 0 Å². The highest BCUT2D eigenvalue weighted by Crippen LogP contribution is 2.24. The molecule has 106 valence electrons. The lowest BCUT2D eigenvalue weighted by molar-refractivity contribution is 0.668. The maximum Gasteiger partial charge on any atom is 0.144 e. The molecule has 0 saturated heterocycles. The van der Waals surface area contributed by atoms with Crippen LogP contribution in [0.1, 0.15) is 35.4 Å². The molecule has 2 heterocycles. The van der Waals surface area contributed by atoms with Crippen LogP contribution in [0.15, 0.2) is 30.5 Å². The van der Waals surface area contributed by atoms with Gasteiger partial charge in [-0.05, 0) is 49.4 Å². The number of fused-ring (bicyclic) bond motifs is 1. The van der Waals surface area contributed by atoms with E-state index in [-0.39, 0.29) is 0 Å². The van der Waals surface area contributed by atoms with E-state index in [1.165, 1.54) is 18.4 Å². The highest BCUT2D eigenvalue weighted by molar-refractivity contribution is 5.54. The Bertz CT molecular complexity index is 658. The molecule has 0 aromatic carbocycles. The maximum absolute atomic E-state index is 9.29. The first kappa shape index (κ1) is 13.6. The van der Waals surface area contributed by atoms with Crippen LogP contribution in [0.25, 0.3) is 0 Å². The van der Waals surface area contributed by atoms with Gasteiger partial charge in [-0.2, -0.15) is 5.26 Å². The molecule has 0 amide bonds. The minimum absolute atomic E-state index is 0.650. The Kier molecular flexibility index (Phi) is 4.11. The summed E-state index contributed by atoms with van der Waals surface area (Å²) < 4.78 is 0. The zero-order valence-corrected chi connectivity index (χ0v) is 12.0. The van der Waals surface area contributed by atoms with Gasteiger partial charge in [0.15, 0.2) is 0 Å². The van der Waals surface area contributed by atoms with Crippen molar-refractivity contribution in [2.24, 2.45) is 0 Å². The molecule has 4 nitrogen and oxygen atoms in total. The summed E-state index contributed by atoms with van der Waals surface area (Å²) in [5.41, 5.74) is 4.09. The third-order valence-corrected chi connectivity index (χ3v) is 3.82. The van der Waals surface area contributed by atoms with Gasteiger partial charge < -0.3 is 5.32 Å². The summed E-state index contributed by atoms with van der Waals surface area (Å²) in [6.07, 6.45) is 7.09. The SMILES string of the molecule is N#Cc1cc2c(nc1NCCc1ccccn1)CCCC2. The molecule has 0 unspecified atom stereocenters. The lowest BCUT2D eigenvalue weighted by atomic mass is 9.95. The highest BCUT2D eigenvalue weighted by atomic mass is 15.0. The molecule has 0 radical (unpaired) electrons. The summed E-state index contributed by atoms with van der Waals surface area (Å²) in [5.74, 6) is 0.717. The van der Waals surface area contributed by atoms with Gasteiger partial charge in [-0.3, -0.25) is 4.98 Å². The van der Waals surface area contributed by atoms with Crippen LogP contribution in [-0.4, -0.2) is 16.5 Å². The second kappa shape index (κ2) is 6.36. The molecule has 0 saturated carbocycles. The molecule has 3 rings (SSSR count). The number of hydrogen-bond donors (Lipinski definition) is 1. The fourth-order valence-electron chi connectivity index (χ4n) is 2.71. The highest BCUT2D eigenvalue weighted by Gasteiger charge is 2.14. The molecule has 2 aromatic heterocycles. The van der Waals surface area contributed by atoms with Gasteiger partial charge in [-0.25, -0.2) is 4.98 Å². The van der Waals surface area contributed by atoms with Crippen molar-refractivity contribution in [3.63, 3.8) is 0 Å². The minimum Gasteiger partial charge on any atom is -0.369 e. The van der Waals surface area contributed by atoms with Crippen LogP contribution in [-0.2, 0) is 19.3 Å². The fourth-order valence-corrected chi connectivity index (χ4v) is 2.71. The molecule has 2 aromatic rings. The first-order valence-corrected chi connectivity index (χ1v) is 7.43. The summed E-state index contributed by atoms with van der Waals surface area (Å²) >= 11 is 0. The van der Waals surface area contributed by atoms with E-state index in [4.69, 9.17) is 0 Å². The van der Waals surface area contributed by atoms with E-state index in [0.717, 1.165) is 37.2 Å². The van der Waals surface area contributed by atoms with E-state index >= 15 is 0 Å². The molecular formula is C17H18N4. The Balaban J connectivity index is 1.71. The van der Waals surface area contributed by atoms with Crippen molar-refractivity contribution >= 4 is 5.82 Å². The molecule has 0 spiro atoms. The molecule has 0 fully saturated rings. The first-order valence-electron chi connectivity index (χ1n) is 7.43. The van der Waals surface area contributed by atoms with E-state index < -0.39 is 0 Å². The number of nitrogens with one attached hydrogen (secondary N) is 1. The molecule has 0 atom stereocenters. The summed E-state index contributed by atoms with van der Waals surface area (Å²) in [4.78, 5) is 8.96. The summed E-state index contributed by atoms with van der Waals surface area (Å²) in [6, 6.07) is 10.2. The van der Waals surface area contributed by atoms with Crippen molar-refractivity contribution in [3.8, 4) is 6.07 Å². The number of rotatable bonds is 4. The van der Waals surface area contributed by atoms with Crippen LogP contribution in [0, 0.1) is 11.3 Å². The fraction of sp³-hybridized carbons (Fsp3) is 0.353. The van der Waals surface area contributed by atoms with E-state index in [0.29, 0.717) is 11.4 Å². The molecule has 1 aliphatic rings. The minimum atomic E-state index is 0.650. The Morgan fingerprint density at radius 1 is 1.24 bits per heavy atom. The standard InChI is InChI=1S/C17H18N4/c18-12-14-11-13-5-1-2-7-16(13)21-17(14)20-10-8-15-6-3-4-9-19-15/h3-4,6,9,11H,1-2,5,7-8,10H2,(H,20,21). The smallest absolute Gasteiger partial charge is 0.144 e. The van der Waals surface area contributed by atoms with Crippen molar-refractivity contribution in [3.05, 3.63) is 53.0 Å². The average Bonchev–Trinajstić information content (AvgIpc) is 2.55. The number of aryl methyl sites for hydroxylation is 2. The summed E-state index contributed by atoms with van der Waals surface area (Å²) in [5, 5.41) is 12.6. The van der Waals surface area contributed by atoms with Gasteiger partial charge in [-0.15, -0.1) is 0 Å². The van der Waals surface area contributed by atoms with Crippen LogP contribution in [0.4, 0.5) is 5.82 Å². The van der Waals surface area contributed by atoms with Crippen molar-refractivity contribution < 1.29 is 0 Å². The van der Waals surface area contributed by atoms with E-state index in [9.17, 15) is 5.26 Å². The van der Waals surface area contributed by atoms with Gasteiger partial charge in [0.25, 0.3) is 0 Å². The number of nitrogens with zero attached hydrogens (tertiary/aromatic N) is 3. The molecular weight excluding hydrogens is 260 g/mol. The lowest BCUT2D eigenvalue weighted by Gasteiger charge is -2.17. The number of aromatic nitrogens is 2. The Morgan fingerprint density at radius 2 is 2.14 bits per heavy atom. The van der Waals surface area contributed by atoms with Crippen LogP contribution < -0.4 is 5.32 Å². The predicted octanol–water partition coefficient (Wildman–Crippen LogP) is 2.88. The Hall–Kier alpha value is -2.41. The van der Waals surface area contributed by atoms with E-state index in [1.54, 1.807) is 6.20 Å². The average molecular weight is 278 g/mol. The van der Waals surface area contributed by atoms with Gasteiger partial charge >= 0.3 is 0 Å². The number of anilines is 1. The van der Waals surface area contributed by atoms with Gasteiger partial charge in [0.05, 0.1) is 5.56 Å². The lowest BCUT2D eigenvalue weighted by Crippen LogP contribution is -2.13. The van der Waals surface area contributed by atoms with Gasteiger partial charge in [0, 0.05) is 30.6 Å². The summed E-state index contributed by atoms with van der Waals surface area (Å²) in [7, 11) is 0. The zero-order valence-electron chi connectivity index (χ0n) is 12.0. The maximum atomic E-state index is 9.29. The van der Waals surface area contributed by atoms with Gasteiger partial charge in [0.2, 0.25) is 0 Å². The monoisotopic (exact) mass is 278 g/mol. The van der Waals surface area contributed by atoms with E-state index in [1.807, 2.05) is 24.3 Å². The molecule has 1 aliphatic carbocycles. The predicted molar refractivity (Wildman–Crippen MR) is 82.0 cm³/mol. The molecule has 0 aliphatic heterocycles. The largest absolute Gasteiger partial charge is 0.369 e. The van der Waals surface area contributed by atoms with Crippen LogP contribution in [0.3, 0.4) is 0 Å². The molecule has 4 heteroatoms. The Labute approximate surface area is 124 Å². The van der Waals surface area contributed by atoms with E-state index in [2.05, 4.69) is 21.4 Å². The number of pyridine rings is 2. The third kappa shape index (κ3) is 3.19.